The number of methoxy groups -OCH3 is 1. The van der Waals surface area contributed by atoms with Gasteiger partial charge in [0.15, 0.2) is 0 Å². The van der Waals surface area contributed by atoms with Crippen molar-refractivity contribution >= 4 is 45.7 Å². The van der Waals surface area contributed by atoms with Crippen LogP contribution in [-0.2, 0) is 21.1 Å². The number of halogens is 1. The van der Waals surface area contributed by atoms with Crippen LogP contribution in [0.25, 0.3) is 0 Å². The summed E-state index contributed by atoms with van der Waals surface area (Å²) in [6.45, 7) is 9.73. The van der Waals surface area contributed by atoms with E-state index in [-0.39, 0.29) is 5.41 Å². The Morgan fingerprint density at radius 1 is 1.02 bits per heavy atom. The van der Waals surface area contributed by atoms with Gasteiger partial charge in [-0.3, -0.25) is 4.72 Å². The van der Waals surface area contributed by atoms with Crippen molar-refractivity contribution in [2.24, 2.45) is 16.7 Å². The number of anilines is 3. The molecule has 0 spiro atoms. The summed E-state index contributed by atoms with van der Waals surface area (Å²) in [5.74, 6) is 0.690. The molecule has 2 fully saturated rings. The van der Waals surface area contributed by atoms with Crippen LogP contribution in [0, 0.1) is 16.7 Å². The third-order valence-corrected chi connectivity index (χ3v) is 10.0. The van der Waals surface area contributed by atoms with Gasteiger partial charge in [0.2, 0.25) is 0 Å². The Labute approximate surface area is 244 Å². The van der Waals surface area contributed by atoms with E-state index >= 15 is 0 Å². The molecule has 2 aromatic carbocycles. The molecule has 0 radical (unpaired) electrons. The van der Waals surface area contributed by atoms with Crippen LogP contribution in [0.3, 0.4) is 0 Å². The zero-order valence-electron chi connectivity index (χ0n) is 23.8. The van der Waals surface area contributed by atoms with Crippen molar-refractivity contribution in [2.45, 2.75) is 70.1 Å². The van der Waals surface area contributed by atoms with Crippen molar-refractivity contribution in [3.63, 3.8) is 0 Å². The zero-order chi connectivity index (χ0) is 28.7. The van der Waals surface area contributed by atoms with Crippen molar-refractivity contribution in [3.8, 4) is 0 Å². The molecule has 212 valence electrons. The van der Waals surface area contributed by atoms with Gasteiger partial charge in [-0.2, -0.15) is 0 Å². The van der Waals surface area contributed by atoms with E-state index in [0.717, 1.165) is 18.8 Å². The molecule has 6 nitrogen and oxygen atoms in total. The maximum atomic E-state index is 13.2. The number of hydrogen-bond donors (Lipinski definition) is 2. The summed E-state index contributed by atoms with van der Waals surface area (Å²) >= 11 is 6.77. The summed E-state index contributed by atoms with van der Waals surface area (Å²) in [5.41, 5.74) is 3.71. The maximum absolute atomic E-state index is 13.2. The molecule has 3 atom stereocenters. The van der Waals surface area contributed by atoms with Crippen molar-refractivity contribution in [2.75, 3.05) is 17.1 Å². The second-order valence-corrected chi connectivity index (χ2v) is 14.5. The first-order chi connectivity index (χ1) is 18.9. The number of ether oxygens (including phenoxy) is 1. The Hall–Kier alpha value is -2.90. The number of carbonyl (C=O) groups is 1. The quantitative estimate of drug-likeness (QED) is 0.275. The highest BCUT2D eigenvalue weighted by Gasteiger charge is 2.52. The first kappa shape index (κ1) is 28.6. The van der Waals surface area contributed by atoms with Gasteiger partial charge < -0.3 is 10.1 Å². The molecule has 2 saturated carbocycles. The van der Waals surface area contributed by atoms with Gasteiger partial charge in [-0.05, 0) is 108 Å². The number of benzene rings is 2. The predicted octanol–water partition coefficient (Wildman–Crippen LogP) is 8.28. The lowest BCUT2D eigenvalue weighted by Crippen LogP contribution is -2.49. The molecule has 8 heteroatoms. The predicted molar refractivity (Wildman–Crippen MR) is 163 cm³/mol. The van der Waals surface area contributed by atoms with E-state index in [2.05, 4.69) is 54.9 Å². The van der Waals surface area contributed by atoms with Crippen LogP contribution < -0.4 is 10.0 Å². The summed E-state index contributed by atoms with van der Waals surface area (Å²) in [6.07, 6.45) is 7.79. The number of carbonyl (C=O) groups excluding carboxylic acids is 1. The number of rotatable bonds is 7. The highest BCUT2D eigenvalue weighted by atomic mass is 35.5. The molecule has 2 bridgehead atoms. The molecule has 3 aromatic rings. The van der Waals surface area contributed by atoms with Crippen LogP contribution >= 0.6 is 11.6 Å². The Morgan fingerprint density at radius 2 is 1.70 bits per heavy atom. The summed E-state index contributed by atoms with van der Waals surface area (Å²) in [4.78, 5) is 16.9. The molecule has 1 heterocycles. The minimum atomic E-state index is -1.51. The third kappa shape index (κ3) is 5.91. The molecule has 3 unspecified atom stereocenters. The minimum Gasteiger partial charge on any atom is -0.465 e. The topological polar surface area (TPSA) is 80.3 Å². The molecule has 0 saturated heterocycles. The van der Waals surface area contributed by atoms with Gasteiger partial charge >= 0.3 is 5.97 Å². The fourth-order valence-electron chi connectivity index (χ4n) is 8.06. The highest BCUT2D eigenvalue weighted by Crippen LogP contribution is 2.62. The maximum Gasteiger partial charge on any atom is 0.341 e. The number of fused-ring (bicyclic) bond motifs is 2. The molecule has 2 aliphatic rings. The number of nitrogens with one attached hydrogen (secondary N) is 2. The van der Waals surface area contributed by atoms with E-state index in [1.165, 1.54) is 31.9 Å². The lowest BCUT2D eigenvalue weighted by molar-refractivity contribution is -0.0413. The average molecular weight is 580 g/mol. The largest absolute Gasteiger partial charge is 0.465 e. The van der Waals surface area contributed by atoms with Crippen molar-refractivity contribution in [1.82, 2.24) is 4.98 Å². The lowest BCUT2D eigenvalue weighted by Gasteiger charge is -2.58. The second-order valence-electron chi connectivity index (χ2n) is 12.8. The number of esters is 1. The Kier molecular flexibility index (Phi) is 7.75. The summed E-state index contributed by atoms with van der Waals surface area (Å²) in [7, 11) is -0.176. The van der Waals surface area contributed by atoms with E-state index in [9.17, 15) is 9.00 Å². The van der Waals surface area contributed by atoms with E-state index in [4.69, 9.17) is 16.3 Å². The lowest BCUT2D eigenvalue weighted by atomic mass is 9.47. The van der Waals surface area contributed by atoms with Gasteiger partial charge in [0.05, 0.1) is 22.7 Å². The zero-order valence-corrected chi connectivity index (χ0v) is 25.4. The van der Waals surface area contributed by atoms with Gasteiger partial charge in [0, 0.05) is 11.9 Å². The van der Waals surface area contributed by atoms with E-state index < -0.39 is 17.0 Å². The SMILES string of the molecule is COC(=O)c1cccnc1Nc1ccc(S(=O)Nc2ccc(C3(C)CC4(C)CC(C)CC(C)(C4)C3)cc2Cl)cc1. The Morgan fingerprint density at radius 3 is 2.33 bits per heavy atom. The fraction of sp³-hybridized carbons (Fsp3) is 0.438. The van der Waals surface area contributed by atoms with E-state index in [1.54, 1.807) is 42.6 Å². The number of pyridine rings is 1. The first-order valence-electron chi connectivity index (χ1n) is 13.8. The van der Waals surface area contributed by atoms with Crippen LogP contribution in [0.5, 0.6) is 0 Å². The molecule has 40 heavy (non-hydrogen) atoms. The molecular weight excluding hydrogens is 542 g/mol. The van der Waals surface area contributed by atoms with Gasteiger partial charge in [-0.1, -0.05) is 45.4 Å². The van der Waals surface area contributed by atoms with Crippen LogP contribution in [0.2, 0.25) is 5.02 Å². The molecule has 0 amide bonds. The van der Waals surface area contributed by atoms with Crippen molar-refractivity contribution < 1.29 is 13.7 Å². The number of aromatic nitrogens is 1. The molecule has 0 aliphatic heterocycles. The molecular formula is C32H38ClN3O3S. The van der Waals surface area contributed by atoms with E-state index in [1.807, 2.05) is 6.07 Å². The second kappa shape index (κ2) is 10.8. The van der Waals surface area contributed by atoms with Gasteiger partial charge in [0.25, 0.3) is 0 Å². The fourth-order valence-corrected chi connectivity index (χ4v) is 9.22. The Bertz CT molecular complexity index is 1430. The summed E-state index contributed by atoms with van der Waals surface area (Å²) in [6, 6.07) is 16.6. The Balaban J connectivity index is 1.28. The normalized spacial score (nSPS) is 28.4. The third-order valence-electron chi connectivity index (χ3n) is 8.58. The van der Waals surface area contributed by atoms with Crippen LogP contribution in [-0.4, -0.2) is 22.3 Å². The van der Waals surface area contributed by atoms with E-state index in [0.29, 0.717) is 43.5 Å². The van der Waals surface area contributed by atoms with Crippen molar-refractivity contribution in [1.29, 1.82) is 0 Å². The molecule has 2 N–H and O–H groups in total. The summed E-state index contributed by atoms with van der Waals surface area (Å²) in [5, 5.41) is 3.70. The standard InChI is InChI=1S/C32H38ClN3O3S/c1-21-16-30(2)18-31(3,17-21)20-32(4,19-30)22-8-13-27(26(33)15-22)36-40(38)24-11-9-23(10-12-24)35-28-25(29(37)39-5)7-6-14-34-28/h6-15,21,36H,16-20H2,1-5H3,(H,34,35). The van der Waals surface area contributed by atoms with Gasteiger partial charge in [0.1, 0.15) is 22.4 Å². The number of nitrogens with zero attached hydrogens (tertiary/aromatic N) is 1. The summed E-state index contributed by atoms with van der Waals surface area (Å²) < 4.78 is 21.1. The first-order valence-corrected chi connectivity index (χ1v) is 15.3. The molecule has 2 aliphatic carbocycles. The van der Waals surface area contributed by atoms with Crippen LogP contribution in [0.4, 0.5) is 17.2 Å². The van der Waals surface area contributed by atoms with Crippen LogP contribution in [0.1, 0.15) is 75.7 Å². The van der Waals surface area contributed by atoms with Gasteiger partial charge in [-0.15, -0.1) is 0 Å². The van der Waals surface area contributed by atoms with Crippen molar-refractivity contribution in [3.05, 3.63) is 76.9 Å². The molecule has 5 rings (SSSR count). The van der Waals surface area contributed by atoms with Gasteiger partial charge in [-0.25, -0.2) is 14.0 Å². The highest BCUT2D eigenvalue weighted by molar-refractivity contribution is 7.86. The van der Waals surface area contributed by atoms with Crippen LogP contribution in [0.15, 0.2) is 65.7 Å². The average Bonchev–Trinajstić information content (AvgIpc) is 2.88. The number of hydrogen-bond acceptors (Lipinski definition) is 5. The monoisotopic (exact) mass is 579 g/mol. The minimum absolute atomic E-state index is 0.0629. The smallest absolute Gasteiger partial charge is 0.341 e. The molecule has 1 aromatic heterocycles.